The quantitative estimate of drug-likeness (QED) is 0.670. The van der Waals surface area contributed by atoms with Crippen molar-refractivity contribution in [3.05, 3.63) is 29.3 Å². The molecule has 2 aliphatic heterocycles. The van der Waals surface area contributed by atoms with E-state index < -0.39 is 6.04 Å². The van der Waals surface area contributed by atoms with Crippen molar-refractivity contribution >= 4 is 35.8 Å². The van der Waals surface area contributed by atoms with Crippen LogP contribution in [0.2, 0.25) is 0 Å². The molecule has 3 amide bonds. The summed E-state index contributed by atoms with van der Waals surface area (Å²) in [5.74, 6) is -0.587. The van der Waals surface area contributed by atoms with Crippen LogP contribution in [0.25, 0.3) is 0 Å². The van der Waals surface area contributed by atoms with E-state index >= 15 is 0 Å². The van der Waals surface area contributed by atoms with Crippen LogP contribution in [0.1, 0.15) is 42.1 Å². The van der Waals surface area contributed by atoms with Gasteiger partial charge >= 0.3 is 0 Å². The fourth-order valence-corrected chi connectivity index (χ4v) is 3.20. The van der Waals surface area contributed by atoms with E-state index in [1.165, 1.54) is 4.90 Å². The molecule has 0 spiro atoms. The Morgan fingerprint density at radius 2 is 2.00 bits per heavy atom. The maximum Gasteiger partial charge on any atom is 0.255 e. The van der Waals surface area contributed by atoms with Gasteiger partial charge in [0.15, 0.2) is 0 Å². The second-order valence-electron chi connectivity index (χ2n) is 5.74. The number of halogens is 1. The average Bonchev–Trinajstić information content (AvgIpc) is 2.83. The summed E-state index contributed by atoms with van der Waals surface area (Å²) in [6, 6.07) is 4.66. The van der Waals surface area contributed by atoms with Crippen LogP contribution in [0.3, 0.4) is 0 Å². The molecule has 1 aromatic rings. The number of carbonyl (C=O) groups is 3. The number of hydrogen-bond acceptors (Lipinski definition) is 4. The lowest BCUT2D eigenvalue weighted by Gasteiger charge is -2.35. The molecule has 0 aliphatic carbocycles. The number of imide groups is 1. The van der Waals surface area contributed by atoms with Crippen molar-refractivity contribution in [2.45, 2.75) is 38.8 Å². The van der Waals surface area contributed by atoms with Gasteiger partial charge in [0.25, 0.3) is 11.8 Å². The molecule has 3 rings (SSSR count). The minimum atomic E-state index is -0.566. The molecule has 124 valence electrons. The predicted octanol–water partition coefficient (Wildman–Crippen LogP) is 1.57. The number of benzene rings is 1. The van der Waals surface area contributed by atoms with Crippen LogP contribution in [-0.2, 0) is 16.1 Å². The lowest BCUT2D eigenvalue weighted by atomic mass is 10.0. The highest BCUT2D eigenvalue weighted by Gasteiger charge is 2.42. The third-order valence-corrected chi connectivity index (χ3v) is 4.34. The highest BCUT2D eigenvalue weighted by molar-refractivity contribution is 6.06. The minimum absolute atomic E-state index is 0. The molecule has 0 bridgehead atoms. The maximum absolute atomic E-state index is 12.6. The number of piperidine rings is 1. The normalized spacial score (nSPS) is 20.6. The number of hydrogen-bond donors (Lipinski definition) is 1. The van der Waals surface area contributed by atoms with Crippen molar-refractivity contribution in [2.24, 2.45) is 0 Å². The largest absolute Gasteiger partial charge is 0.398 e. The molecule has 1 unspecified atom stereocenters. The number of rotatable bonds is 3. The summed E-state index contributed by atoms with van der Waals surface area (Å²) in [4.78, 5) is 39.9. The zero-order valence-electron chi connectivity index (χ0n) is 12.9. The molecular weight excluding hydrogens is 318 g/mol. The van der Waals surface area contributed by atoms with E-state index in [2.05, 4.69) is 0 Å². The SMILES string of the molecule is CCCN1C(=O)CCC(N2Cc3c(N)cccc3C2=O)C1=O.Cl. The Labute approximate surface area is 141 Å². The Bertz CT molecular complexity index is 662. The molecule has 2 heterocycles. The van der Waals surface area contributed by atoms with Gasteiger partial charge in [0, 0.05) is 36.3 Å². The Balaban J connectivity index is 0.00000192. The molecule has 0 radical (unpaired) electrons. The first-order valence-electron chi connectivity index (χ1n) is 7.57. The predicted molar refractivity (Wildman–Crippen MR) is 88.0 cm³/mol. The topological polar surface area (TPSA) is 83.7 Å². The van der Waals surface area contributed by atoms with Crippen molar-refractivity contribution in [3.8, 4) is 0 Å². The zero-order valence-corrected chi connectivity index (χ0v) is 13.8. The summed E-state index contributed by atoms with van der Waals surface area (Å²) in [5, 5.41) is 0. The van der Waals surface area contributed by atoms with Crippen molar-refractivity contribution in [1.29, 1.82) is 0 Å². The smallest absolute Gasteiger partial charge is 0.255 e. The van der Waals surface area contributed by atoms with Crippen LogP contribution in [-0.4, -0.2) is 40.1 Å². The molecule has 7 heteroatoms. The lowest BCUT2D eigenvalue weighted by molar-refractivity contribution is -0.152. The van der Waals surface area contributed by atoms with Gasteiger partial charge < -0.3 is 10.6 Å². The van der Waals surface area contributed by atoms with E-state index in [1.807, 2.05) is 6.92 Å². The van der Waals surface area contributed by atoms with Gasteiger partial charge in [-0.1, -0.05) is 13.0 Å². The number of likely N-dealkylation sites (tertiary alicyclic amines) is 1. The Hall–Kier alpha value is -2.08. The Morgan fingerprint density at radius 3 is 2.65 bits per heavy atom. The number of anilines is 1. The van der Waals surface area contributed by atoms with Gasteiger partial charge in [-0.25, -0.2) is 0 Å². The van der Waals surface area contributed by atoms with E-state index in [9.17, 15) is 14.4 Å². The third-order valence-electron chi connectivity index (χ3n) is 4.34. The summed E-state index contributed by atoms with van der Waals surface area (Å²) in [6.07, 6.45) is 1.40. The summed E-state index contributed by atoms with van der Waals surface area (Å²) < 4.78 is 0. The number of carbonyl (C=O) groups excluding carboxylic acids is 3. The van der Waals surface area contributed by atoms with Crippen LogP contribution in [0, 0.1) is 0 Å². The number of nitrogens with two attached hydrogens (primary N) is 1. The number of nitrogen functional groups attached to an aromatic ring is 1. The summed E-state index contributed by atoms with van der Waals surface area (Å²) in [5.41, 5.74) is 7.84. The van der Waals surface area contributed by atoms with E-state index in [0.29, 0.717) is 43.6 Å². The van der Waals surface area contributed by atoms with Crippen molar-refractivity contribution < 1.29 is 14.4 Å². The zero-order chi connectivity index (χ0) is 15.9. The Kier molecular flexibility index (Phi) is 4.94. The molecule has 0 aromatic heterocycles. The first-order valence-corrected chi connectivity index (χ1v) is 7.57. The van der Waals surface area contributed by atoms with Crippen LogP contribution >= 0.6 is 12.4 Å². The average molecular weight is 338 g/mol. The molecule has 1 atom stereocenters. The number of nitrogens with zero attached hydrogens (tertiary/aromatic N) is 2. The van der Waals surface area contributed by atoms with Crippen LogP contribution in [0.15, 0.2) is 18.2 Å². The van der Waals surface area contributed by atoms with E-state index in [0.717, 1.165) is 5.56 Å². The second-order valence-corrected chi connectivity index (χ2v) is 5.74. The highest BCUT2D eigenvalue weighted by Crippen LogP contribution is 2.31. The van der Waals surface area contributed by atoms with Gasteiger partial charge in [-0.2, -0.15) is 0 Å². The third kappa shape index (κ3) is 2.79. The fraction of sp³-hybridized carbons (Fsp3) is 0.438. The van der Waals surface area contributed by atoms with Crippen LogP contribution < -0.4 is 5.73 Å². The molecule has 6 nitrogen and oxygen atoms in total. The van der Waals surface area contributed by atoms with Gasteiger partial charge in [-0.05, 0) is 25.0 Å². The second kappa shape index (κ2) is 6.58. The molecule has 1 fully saturated rings. The maximum atomic E-state index is 12.6. The summed E-state index contributed by atoms with van der Waals surface area (Å²) in [7, 11) is 0. The van der Waals surface area contributed by atoms with Gasteiger partial charge in [-0.3, -0.25) is 19.3 Å². The van der Waals surface area contributed by atoms with Gasteiger partial charge in [0.2, 0.25) is 5.91 Å². The van der Waals surface area contributed by atoms with Crippen LogP contribution in [0.4, 0.5) is 5.69 Å². The van der Waals surface area contributed by atoms with Crippen molar-refractivity contribution in [2.75, 3.05) is 12.3 Å². The monoisotopic (exact) mass is 337 g/mol. The molecule has 1 aromatic carbocycles. The first kappa shape index (κ1) is 17.3. The fourth-order valence-electron chi connectivity index (χ4n) is 3.20. The molecule has 2 aliphatic rings. The van der Waals surface area contributed by atoms with Gasteiger partial charge in [0.1, 0.15) is 6.04 Å². The number of fused-ring (bicyclic) bond motifs is 1. The summed E-state index contributed by atoms with van der Waals surface area (Å²) in [6.45, 7) is 2.67. The van der Waals surface area contributed by atoms with E-state index in [4.69, 9.17) is 5.73 Å². The van der Waals surface area contributed by atoms with Crippen molar-refractivity contribution in [1.82, 2.24) is 9.80 Å². The molecule has 2 N–H and O–H groups in total. The highest BCUT2D eigenvalue weighted by atomic mass is 35.5. The lowest BCUT2D eigenvalue weighted by Crippen LogP contribution is -2.54. The van der Waals surface area contributed by atoms with Gasteiger partial charge in [0.05, 0.1) is 0 Å². The molecule has 1 saturated heterocycles. The molecule has 23 heavy (non-hydrogen) atoms. The number of amides is 3. The van der Waals surface area contributed by atoms with E-state index in [1.54, 1.807) is 23.1 Å². The van der Waals surface area contributed by atoms with Gasteiger partial charge in [-0.15, -0.1) is 12.4 Å². The molecule has 0 saturated carbocycles. The standard InChI is InChI=1S/C16H19N3O3.ClH/c1-2-8-18-14(20)7-6-13(16(18)22)19-9-11-10(15(19)21)4-3-5-12(11)17;/h3-5,13H,2,6-9,17H2,1H3;1H. The minimum Gasteiger partial charge on any atom is -0.398 e. The summed E-state index contributed by atoms with van der Waals surface area (Å²) >= 11 is 0. The Morgan fingerprint density at radius 1 is 1.26 bits per heavy atom. The first-order chi connectivity index (χ1) is 10.5. The molecular formula is C16H20ClN3O3. The van der Waals surface area contributed by atoms with Crippen LogP contribution in [0.5, 0.6) is 0 Å². The van der Waals surface area contributed by atoms with Crippen molar-refractivity contribution in [3.63, 3.8) is 0 Å². The van der Waals surface area contributed by atoms with E-state index in [-0.39, 0.29) is 30.1 Å².